The van der Waals surface area contributed by atoms with E-state index in [-0.39, 0.29) is 12.5 Å². The molecule has 0 saturated carbocycles. The normalized spacial score (nSPS) is 25.1. The topological polar surface area (TPSA) is 21.7 Å². The summed E-state index contributed by atoms with van der Waals surface area (Å²) in [7, 11) is 3.43. The SMILES string of the molecule is COC1C=CC(OC)N1Cc1ccccc1. The number of hydrogen-bond donors (Lipinski definition) is 0. The van der Waals surface area contributed by atoms with Gasteiger partial charge in [0.05, 0.1) is 0 Å². The van der Waals surface area contributed by atoms with Crippen molar-refractivity contribution < 1.29 is 9.47 Å². The van der Waals surface area contributed by atoms with Crippen molar-refractivity contribution in [3.63, 3.8) is 0 Å². The second kappa shape index (κ2) is 5.25. The predicted octanol–water partition coefficient (Wildman–Crippen LogP) is 2.00. The molecular weight excluding hydrogens is 202 g/mol. The van der Waals surface area contributed by atoms with Crippen LogP contribution in [0.3, 0.4) is 0 Å². The van der Waals surface area contributed by atoms with Crippen molar-refractivity contribution in [2.45, 2.75) is 19.0 Å². The van der Waals surface area contributed by atoms with Crippen molar-refractivity contribution >= 4 is 0 Å². The molecule has 0 radical (unpaired) electrons. The van der Waals surface area contributed by atoms with Crippen LogP contribution < -0.4 is 0 Å². The molecule has 0 spiro atoms. The Morgan fingerprint density at radius 3 is 2.06 bits per heavy atom. The predicted molar refractivity (Wildman–Crippen MR) is 62.7 cm³/mol. The van der Waals surface area contributed by atoms with Gasteiger partial charge in [-0.15, -0.1) is 0 Å². The van der Waals surface area contributed by atoms with E-state index in [1.165, 1.54) is 5.56 Å². The zero-order valence-corrected chi connectivity index (χ0v) is 9.67. The lowest BCUT2D eigenvalue weighted by atomic mass is 10.2. The molecule has 0 saturated heterocycles. The van der Waals surface area contributed by atoms with E-state index in [0.29, 0.717) is 0 Å². The summed E-state index contributed by atoms with van der Waals surface area (Å²) in [5.41, 5.74) is 1.26. The van der Waals surface area contributed by atoms with Crippen molar-refractivity contribution in [2.75, 3.05) is 14.2 Å². The van der Waals surface area contributed by atoms with Gasteiger partial charge in [-0.1, -0.05) is 30.3 Å². The lowest BCUT2D eigenvalue weighted by molar-refractivity contribution is -0.0812. The molecule has 1 heterocycles. The lowest BCUT2D eigenvalue weighted by Gasteiger charge is -2.28. The van der Waals surface area contributed by atoms with E-state index >= 15 is 0 Å². The molecule has 2 atom stereocenters. The van der Waals surface area contributed by atoms with E-state index < -0.39 is 0 Å². The summed E-state index contributed by atoms with van der Waals surface area (Å²) in [6.07, 6.45) is 4.06. The fraction of sp³-hybridized carbons (Fsp3) is 0.385. The minimum absolute atomic E-state index is 0.00477. The van der Waals surface area contributed by atoms with E-state index in [9.17, 15) is 0 Å². The van der Waals surface area contributed by atoms with E-state index in [4.69, 9.17) is 9.47 Å². The van der Waals surface area contributed by atoms with Crippen LogP contribution in [0.5, 0.6) is 0 Å². The second-order valence-corrected chi connectivity index (χ2v) is 3.80. The van der Waals surface area contributed by atoms with Gasteiger partial charge in [0.25, 0.3) is 0 Å². The zero-order chi connectivity index (χ0) is 11.4. The average Bonchev–Trinajstić information content (AvgIpc) is 2.72. The van der Waals surface area contributed by atoms with Crippen molar-refractivity contribution in [1.29, 1.82) is 0 Å². The molecule has 1 aromatic rings. The summed E-state index contributed by atoms with van der Waals surface area (Å²) in [4.78, 5) is 2.16. The van der Waals surface area contributed by atoms with Gasteiger partial charge in [0.1, 0.15) is 12.5 Å². The Balaban J connectivity index is 2.07. The highest BCUT2D eigenvalue weighted by atomic mass is 16.5. The van der Waals surface area contributed by atoms with Gasteiger partial charge in [0.2, 0.25) is 0 Å². The van der Waals surface area contributed by atoms with Crippen LogP contribution in [0.15, 0.2) is 42.5 Å². The molecule has 2 unspecified atom stereocenters. The van der Waals surface area contributed by atoms with Crippen molar-refractivity contribution in [3.05, 3.63) is 48.0 Å². The molecule has 3 nitrogen and oxygen atoms in total. The lowest BCUT2D eigenvalue weighted by Crippen LogP contribution is -2.38. The third-order valence-corrected chi connectivity index (χ3v) is 2.79. The maximum Gasteiger partial charge on any atom is 0.132 e. The van der Waals surface area contributed by atoms with Gasteiger partial charge in [-0.05, 0) is 17.7 Å². The van der Waals surface area contributed by atoms with Crippen LogP contribution in [-0.2, 0) is 16.0 Å². The molecule has 2 rings (SSSR count). The number of nitrogens with zero attached hydrogens (tertiary/aromatic N) is 1. The molecule has 86 valence electrons. The van der Waals surface area contributed by atoms with Crippen molar-refractivity contribution in [1.82, 2.24) is 4.90 Å². The molecule has 0 fully saturated rings. The van der Waals surface area contributed by atoms with Crippen molar-refractivity contribution in [2.24, 2.45) is 0 Å². The number of benzene rings is 1. The minimum atomic E-state index is 0.00477. The molecule has 1 aromatic carbocycles. The Bertz CT molecular complexity index is 336. The average molecular weight is 219 g/mol. The fourth-order valence-electron chi connectivity index (χ4n) is 1.96. The number of hydrogen-bond acceptors (Lipinski definition) is 3. The zero-order valence-electron chi connectivity index (χ0n) is 9.67. The first-order valence-electron chi connectivity index (χ1n) is 5.38. The van der Waals surface area contributed by atoms with Crippen LogP contribution in [0.25, 0.3) is 0 Å². The van der Waals surface area contributed by atoms with Gasteiger partial charge < -0.3 is 9.47 Å². The summed E-state index contributed by atoms with van der Waals surface area (Å²) in [6, 6.07) is 10.3. The molecule has 3 heteroatoms. The van der Waals surface area contributed by atoms with Crippen LogP contribution >= 0.6 is 0 Å². The Morgan fingerprint density at radius 1 is 1.00 bits per heavy atom. The van der Waals surface area contributed by atoms with Crippen LogP contribution in [0.1, 0.15) is 5.56 Å². The third kappa shape index (κ3) is 2.32. The summed E-state index contributed by atoms with van der Waals surface area (Å²) in [5.74, 6) is 0. The highest BCUT2D eigenvalue weighted by molar-refractivity contribution is 5.16. The standard InChI is InChI=1S/C13H17NO2/c1-15-12-8-9-13(16-2)14(12)10-11-6-4-3-5-7-11/h3-9,12-13H,10H2,1-2H3. The largest absolute Gasteiger partial charge is 0.363 e. The number of methoxy groups -OCH3 is 2. The Labute approximate surface area is 96.3 Å². The molecule has 0 bridgehead atoms. The second-order valence-electron chi connectivity index (χ2n) is 3.80. The van der Waals surface area contributed by atoms with Gasteiger partial charge in [0, 0.05) is 20.8 Å². The van der Waals surface area contributed by atoms with Crippen molar-refractivity contribution in [3.8, 4) is 0 Å². The highest BCUT2D eigenvalue weighted by Crippen LogP contribution is 2.20. The Kier molecular flexibility index (Phi) is 3.72. The smallest absolute Gasteiger partial charge is 0.132 e. The molecular formula is C13H17NO2. The van der Waals surface area contributed by atoms with Crippen LogP contribution in [0.2, 0.25) is 0 Å². The van der Waals surface area contributed by atoms with E-state index in [1.54, 1.807) is 14.2 Å². The highest BCUT2D eigenvalue weighted by Gasteiger charge is 2.28. The first kappa shape index (κ1) is 11.3. The maximum atomic E-state index is 5.39. The molecule has 1 aliphatic heterocycles. The van der Waals surface area contributed by atoms with Crippen LogP contribution in [0.4, 0.5) is 0 Å². The Hall–Kier alpha value is -1.16. The summed E-state index contributed by atoms with van der Waals surface area (Å²) >= 11 is 0. The van der Waals surface area contributed by atoms with E-state index in [2.05, 4.69) is 17.0 Å². The Morgan fingerprint density at radius 2 is 1.56 bits per heavy atom. The number of ether oxygens (including phenoxy) is 2. The van der Waals surface area contributed by atoms with Gasteiger partial charge >= 0.3 is 0 Å². The van der Waals surface area contributed by atoms with Gasteiger partial charge in [-0.2, -0.15) is 0 Å². The fourth-order valence-corrected chi connectivity index (χ4v) is 1.96. The summed E-state index contributed by atoms with van der Waals surface area (Å²) < 4.78 is 10.8. The van der Waals surface area contributed by atoms with Gasteiger partial charge in [-0.25, -0.2) is 4.90 Å². The van der Waals surface area contributed by atoms with Crippen LogP contribution in [0, 0.1) is 0 Å². The van der Waals surface area contributed by atoms with E-state index in [0.717, 1.165) is 6.54 Å². The molecule has 0 amide bonds. The first-order chi connectivity index (χ1) is 7.85. The molecule has 1 aliphatic rings. The molecule has 16 heavy (non-hydrogen) atoms. The van der Waals surface area contributed by atoms with Gasteiger partial charge in [0.15, 0.2) is 0 Å². The van der Waals surface area contributed by atoms with E-state index in [1.807, 2.05) is 30.4 Å². The monoisotopic (exact) mass is 219 g/mol. The summed E-state index contributed by atoms with van der Waals surface area (Å²) in [5, 5.41) is 0. The minimum Gasteiger partial charge on any atom is -0.363 e. The molecule has 0 aromatic heterocycles. The van der Waals surface area contributed by atoms with Gasteiger partial charge in [-0.3, -0.25) is 0 Å². The first-order valence-corrected chi connectivity index (χ1v) is 5.38. The van der Waals surface area contributed by atoms with Crippen LogP contribution in [-0.4, -0.2) is 31.6 Å². The molecule has 0 N–H and O–H groups in total. The quantitative estimate of drug-likeness (QED) is 0.723. The number of rotatable bonds is 4. The summed E-state index contributed by atoms with van der Waals surface area (Å²) in [6.45, 7) is 0.824. The maximum absolute atomic E-state index is 5.39. The molecule has 0 aliphatic carbocycles. The third-order valence-electron chi connectivity index (χ3n) is 2.79.